The van der Waals surface area contributed by atoms with Gasteiger partial charge in [-0.1, -0.05) is 38.0 Å². The highest BCUT2D eigenvalue weighted by molar-refractivity contribution is 6.02. The molecule has 3 nitrogen and oxygen atoms in total. The fourth-order valence-electron chi connectivity index (χ4n) is 3.25. The number of pyridine rings is 1. The molecule has 1 N–H and O–H groups in total. The van der Waals surface area contributed by atoms with Crippen LogP contribution in [0.1, 0.15) is 56.7 Å². The van der Waals surface area contributed by atoms with Crippen molar-refractivity contribution < 1.29 is 4.79 Å². The Morgan fingerprint density at radius 1 is 1.18 bits per heavy atom. The Morgan fingerprint density at radius 2 is 2.00 bits per heavy atom. The van der Waals surface area contributed by atoms with Crippen molar-refractivity contribution in [2.45, 2.75) is 58.3 Å². The SMILES string of the molecule is CCCCCC(=O)Nc1c2c(nc3ccccc13)CCCC2. The Morgan fingerprint density at radius 3 is 2.86 bits per heavy atom. The molecule has 0 radical (unpaired) electrons. The van der Waals surface area contributed by atoms with E-state index in [0.29, 0.717) is 6.42 Å². The minimum absolute atomic E-state index is 0.137. The van der Waals surface area contributed by atoms with E-state index in [1.807, 2.05) is 18.2 Å². The first-order valence-corrected chi connectivity index (χ1v) is 8.50. The number of unbranched alkanes of at least 4 members (excludes halogenated alkanes) is 2. The van der Waals surface area contributed by atoms with Crippen molar-refractivity contribution in [1.29, 1.82) is 0 Å². The molecule has 22 heavy (non-hydrogen) atoms. The third-order valence-electron chi connectivity index (χ3n) is 4.44. The van der Waals surface area contributed by atoms with Gasteiger partial charge in [-0.2, -0.15) is 0 Å². The number of aryl methyl sites for hydroxylation is 1. The summed E-state index contributed by atoms with van der Waals surface area (Å²) < 4.78 is 0. The second kappa shape index (κ2) is 6.91. The molecule has 0 fully saturated rings. The maximum absolute atomic E-state index is 12.3. The highest BCUT2D eigenvalue weighted by atomic mass is 16.1. The summed E-state index contributed by atoms with van der Waals surface area (Å²) in [5.41, 5.74) is 4.44. The molecule has 116 valence electrons. The number of benzene rings is 1. The van der Waals surface area contributed by atoms with Crippen LogP contribution in [0.3, 0.4) is 0 Å². The molecule has 0 saturated carbocycles. The summed E-state index contributed by atoms with van der Waals surface area (Å²) in [7, 11) is 0. The number of fused-ring (bicyclic) bond motifs is 2. The molecular formula is C19H24N2O. The average Bonchev–Trinajstić information content (AvgIpc) is 2.55. The molecule has 0 saturated heterocycles. The van der Waals surface area contributed by atoms with Crippen LogP contribution in [-0.4, -0.2) is 10.9 Å². The molecule has 3 heteroatoms. The van der Waals surface area contributed by atoms with Crippen LogP contribution in [0.15, 0.2) is 24.3 Å². The topological polar surface area (TPSA) is 42.0 Å². The summed E-state index contributed by atoms with van der Waals surface area (Å²) in [6.07, 6.45) is 8.26. The number of hydrogen-bond acceptors (Lipinski definition) is 2. The van der Waals surface area contributed by atoms with Gasteiger partial charge < -0.3 is 5.32 Å². The summed E-state index contributed by atoms with van der Waals surface area (Å²) in [5.74, 6) is 0.137. The van der Waals surface area contributed by atoms with Crippen molar-refractivity contribution in [1.82, 2.24) is 4.98 Å². The maximum Gasteiger partial charge on any atom is 0.224 e. The van der Waals surface area contributed by atoms with E-state index in [0.717, 1.165) is 48.7 Å². The van der Waals surface area contributed by atoms with Crippen molar-refractivity contribution in [3.63, 3.8) is 0 Å². The van der Waals surface area contributed by atoms with Crippen LogP contribution < -0.4 is 5.32 Å². The van der Waals surface area contributed by atoms with Gasteiger partial charge in [0.25, 0.3) is 0 Å². The van der Waals surface area contributed by atoms with Gasteiger partial charge in [0.05, 0.1) is 11.2 Å². The van der Waals surface area contributed by atoms with Gasteiger partial charge in [-0.3, -0.25) is 9.78 Å². The third-order valence-corrected chi connectivity index (χ3v) is 4.44. The van der Waals surface area contributed by atoms with E-state index in [9.17, 15) is 4.79 Å². The van der Waals surface area contributed by atoms with Crippen LogP contribution in [0.25, 0.3) is 10.9 Å². The van der Waals surface area contributed by atoms with Crippen LogP contribution >= 0.6 is 0 Å². The fourth-order valence-corrected chi connectivity index (χ4v) is 3.25. The van der Waals surface area contributed by atoms with Crippen LogP contribution in [-0.2, 0) is 17.6 Å². The number of para-hydroxylation sites is 1. The average molecular weight is 296 g/mol. The molecule has 1 aromatic heterocycles. The predicted molar refractivity (Wildman–Crippen MR) is 91.2 cm³/mol. The van der Waals surface area contributed by atoms with Crippen molar-refractivity contribution in [3.8, 4) is 0 Å². The standard InChI is InChI=1S/C19H24N2O/c1-2-3-4-13-18(22)21-19-14-9-5-7-11-16(14)20-17-12-8-6-10-15(17)19/h5,7,9,11H,2-4,6,8,10,12-13H2,1H3,(H,20,21,22). The molecule has 3 rings (SSSR count). The largest absolute Gasteiger partial charge is 0.325 e. The lowest BCUT2D eigenvalue weighted by molar-refractivity contribution is -0.116. The summed E-state index contributed by atoms with van der Waals surface area (Å²) in [6.45, 7) is 2.16. The molecule has 0 bridgehead atoms. The molecular weight excluding hydrogens is 272 g/mol. The Balaban J connectivity index is 1.94. The van der Waals surface area contributed by atoms with Gasteiger partial charge in [0.1, 0.15) is 0 Å². The van der Waals surface area contributed by atoms with Crippen molar-refractivity contribution >= 4 is 22.5 Å². The van der Waals surface area contributed by atoms with E-state index in [1.54, 1.807) is 0 Å². The number of carbonyl (C=O) groups excluding carboxylic acids is 1. The zero-order valence-electron chi connectivity index (χ0n) is 13.3. The van der Waals surface area contributed by atoms with Crippen molar-refractivity contribution in [3.05, 3.63) is 35.5 Å². The number of rotatable bonds is 5. The minimum atomic E-state index is 0.137. The molecule has 1 aromatic carbocycles. The number of nitrogens with zero attached hydrogens (tertiary/aromatic N) is 1. The summed E-state index contributed by atoms with van der Waals surface area (Å²) in [6, 6.07) is 8.14. The van der Waals surface area contributed by atoms with Crippen molar-refractivity contribution in [2.75, 3.05) is 5.32 Å². The van der Waals surface area contributed by atoms with Gasteiger partial charge in [0, 0.05) is 17.5 Å². The zero-order chi connectivity index (χ0) is 15.4. The quantitative estimate of drug-likeness (QED) is 0.817. The minimum Gasteiger partial charge on any atom is -0.325 e. The normalized spacial score (nSPS) is 13.9. The van der Waals surface area contributed by atoms with E-state index in [-0.39, 0.29) is 5.91 Å². The first-order valence-electron chi connectivity index (χ1n) is 8.50. The van der Waals surface area contributed by atoms with E-state index < -0.39 is 0 Å². The van der Waals surface area contributed by atoms with Gasteiger partial charge in [-0.25, -0.2) is 0 Å². The lowest BCUT2D eigenvalue weighted by Crippen LogP contribution is -2.16. The molecule has 2 aromatic rings. The first-order chi connectivity index (χ1) is 10.8. The second-order valence-electron chi connectivity index (χ2n) is 6.14. The van der Waals surface area contributed by atoms with Crippen molar-refractivity contribution in [2.24, 2.45) is 0 Å². The Hall–Kier alpha value is -1.90. The Labute approximate surface area is 132 Å². The summed E-state index contributed by atoms with van der Waals surface area (Å²) in [4.78, 5) is 17.1. The lowest BCUT2D eigenvalue weighted by Gasteiger charge is -2.21. The molecule has 0 aliphatic heterocycles. The van der Waals surface area contributed by atoms with Crippen LogP contribution in [0.4, 0.5) is 5.69 Å². The van der Waals surface area contributed by atoms with Crippen LogP contribution in [0, 0.1) is 0 Å². The second-order valence-corrected chi connectivity index (χ2v) is 6.14. The van der Waals surface area contributed by atoms with Gasteiger partial charge >= 0.3 is 0 Å². The summed E-state index contributed by atoms with van der Waals surface area (Å²) in [5, 5.41) is 4.27. The molecule has 1 aliphatic rings. The number of carbonyl (C=O) groups is 1. The lowest BCUT2D eigenvalue weighted by atomic mass is 9.92. The third kappa shape index (κ3) is 3.13. The van der Waals surface area contributed by atoms with E-state index in [1.165, 1.54) is 24.1 Å². The van der Waals surface area contributed by atoms with Gasteiger partial charge in [-0.05, 0) is 43.7 Å². The maximum atomic E-state index is 12.3. The number of nitrogens with one attached hydrogen (secondary N) is 1. The van der Waals surface area contributed by atoms with E-state index >= 15 is 0 Å². The van der Waals surface area contributed by atoms with Gasteiger partial charge in [0.2, 0.25) is 5.91 Å². The van der Waals surface area contributed by atoms with Gasteiger partial charge in [-0.15, -0.1) is 0 Å². The summed E-state index contributed by atoms with van der Waals surface area (Å²) >= 11 is 0. The van der Waals surface area contributed by atoms with Crippen LogP contribution in [0.5, 0.6) is 0 Å². The number of anilines is 1. The Bertz CT molecular complexity index is 678. The van der Waals surface area contributed by atoms with E-state index in [2.05, 4.69) is 18.3 Å². The smallest absolute Gasteiger partial charge is 0.224 e. The zero-order valence-corrected chi connectivity index (χ0v) is 13.3. The number of amides is 1. The molecule has 0 spiro atoms. The number of aromatic nitrogens is 1. The highest BCUT2D eigenvalue weighted by Crippen LogP contribution is 2.33. The molecule has 0 unspecified atom stereocenters. The molecule has 0 atom stereocenters. The Kier molecular flexibility index (Phi) is 4.71. The molecule has 1 aliphatic carbocycles. The number of hydrogen-bond donors (Lipinski definition) is 1. The monoisotopic (exact) mass is 296 g/mol. The first kappa shape index (κ1) is 15.0. The fraction of sp³-hybridized carbons (Fsp3) is 0.474. The molecule has 1 heterocycles. The highest BCUT2D eigenvalue weighted by Gasteiger charge is 2.19. The predicted octanol–water partition coefficient (Wildman–Crippen LogP) is 4.63. The molecule has 1 amide bonds. The van der Waals surface area contributed by atoms with Gasteiger partial charge in [0.15, 0.2) is 0 Å². The van der Waals surface area contributed by atoms with Crippen LogP contribution in [0.2, 0.25) is 0 Å². The van der Waals surface area contributed by atoms with E-state index in [4.69, 9.17) is 4.98 Å².